The number of carboxylic acids is 1. The first kappa shape index (κ1) is 15.7. The highest BCUT2D eigenvalue weighted by atomic mass is 16.4. The molecule has 0 radical (unpaired) electrons. The lowest BCUT2D eigenvalue weighted by Gasteiger charge is -2.35. The molecule has 1 aliphatic heterocycles. The zero-order valence-electron chi connectivity index (χ0n) is 13.2. The van der Waals surface area contributed by atoms with Crippen molar-refractivity contribution in [1.29, 1.82) is 0 Å². The highest BCUT2D eigenvalue weighted by Crippen LogP contribution is 2.35. The van der Waals surface area contributed by atoms with Crippen LogP contribution in [0.25, 0.3) is 0 Å². The summed E-state index contributed by atoms with van der Waals surface area (Å²) in [4.78, 5) is 13.7. The van der Waals surface area contributed by atoms with Gasteiger partial charge in [-0.1, -0.05) is 30.3 Å². The molecule has 1 atom stereocenters. The smallest absolute Gasteiger partial charge is 0.303 e. The zero-order chi connectivity index (χ0) is 16.1. The highest BCUT2D eigenvalue weighted by molar-refractivity contribution is 5.68. The number of aromatic amines is 1. The van der Waals surface area contributed by atoms with Crippen LogP contribution in [0.15, 0.2) is 42.6 Å². The minimum Gasteiger partial charge on any atom is -0.481 e. The van der Waals surface area contributed by atoms with Gasteiger partial charge in [-0.25, -0.2) is 0 Å². The molecule has 0 amide bonds. The van der Waals surface area contributed by atoms with Gasteiger partial charge in [-0.3, -0.25) is 14.8 Å². The lowest BCUT2D eigenvalue weighted by atomic mass is 9.78. The lowest BCUT2D eigenvalue weighted by molar-refractivity contribution is -0.137. The maximum Gasteiger partial charge on any atom is 0.303 e. The van der Waals surface area contributed by atoms with Gasteiger partial charge in [0, 0.05) is 18.4 Å². The van der Waals surface area contributed by atoms with Crippen molar-refractivity contribution in [3.8, 4) is 0 Å². The van der Waals surface area contributed by atoms with Crippen LogP contribution < -0.4 is 0 Å². The molecule has 23 heavy (non-hydrogen) atoms. The molecule has 1 unspecified atom stereocenters. The first-order chi connectivity index (χ1) is 11.2. The Bertz CT molecular complexity index is 604. The quantitative estimate of drug-likeness (QED) is 0.860. The Morgan fingerprint density at radius 1 is 1.26 bits per heavy atom. The fraction of sp³-hybridized carbons (Fsp3) is 0.444. The van der Waals surface area contributed by atoms with Crippen molar-refractivity contribution < 1.29 is 9.90 Å². The topological polar surface area (TPSA) is 69.2 Å². The average molecular weight is 313 g/mol. The molecule has 0 aliphatic carbocycles. The maximum atomic E-state index is 11.3. The first-order valence-electron chi connectivity index (χ1n) is 8.19. The van der Waals surface area contributed by atoms with Gasteiger partial charge in [-0.2, -0.15) is 5.10 Å². The zero-order valence-corrected chi connectivity index (χ0v) is 13.2. The van der Waals surface area contributed by atoms with Gasteiger partial charge in [0.05, 0.1) is 6.42 Å². The number of rotatable bonds is 6. The number of nitrogens with zero attached hydrogens (tertiary/aromatic N) is 2. The Labute approximate surface area is 136 Å². The molecule has 2 aromatic rings. The second kappa shape index (κ2) is 7.42. The van der Waals surface area contributed by atoms with Crippen LogP contribution in [0.3, 0.4) is 0 Å². The van der Waals surface area contributed by atoms with Crippen molar-refractivity contribution in [2.75, 3.05) is 13.1 Å². The SMILES string of the molecule is O=C(O)CC(c1ccccc1)C1CCN(Cc2ccn[nH]2)CC1. The predicted octanol–water partition coefficient (Wildman–Crippen LogP) is 2.88. The van der Waals surface area contributed by atoms with Gasteiger partial charge in [0.15, 0.2) is 0 Å². The van der Waals surface area contributed by atoms with Gasteiger partial charge in [0.1, 0.15) is 0 Å². The number of likely N-dealkylation sites (tertiary alicyclic amines) is 1. The molecule has 0 spiro atoms. The summed E-state index contributed by atoms with van der Waals surface area (Å²) in [5.41, 5.74) is 2.29. The number of nitrogens with one attached hydrogen (secondary N) is 1. The van der Waals surface area contributed by atoms with Crippen molar-refractivity contribution in [3.05, 3.63) is 53.9 Å². The highest BCUT2D eigenvalue weighted by Gasteiger charge is 2.29. The number of benzene rings is 1. The third-order valence-electron chi connectivity index (χ3n) is 4.78. The molecule has 0 saturated carbocycles. The Kier molecular flexibility index (Phi) is 5.08. The molecule has 122 valence electrons. The Morgan fingerprint density at radius 3 is 2.61 bits per heavy atom. The molecule has 1 saturated heterocycles. The van der Waals surface area contributed by atoms with Gasteiger partial charge >= 0.3 is 5.97 Å². The Morgan fingerprint density at radius 2 is 2.00 bits per heavy atom. The minimum absolute atomic E-state index is 0.114. The Hall–Kier alpha value is -2.14. The van der Waals surface area contributed by atoms with E-state index in [1.165, 1.54) is 0 Å². The molecule has 5 nitrogen and oxygen atoms in total. The van der Waals surface area contributed by atoms with Gasteiger partial charge in [0.25, 0.3) is 0 Å². The van der Waals surface area contributed by atoms with E-state index in [2.05, 4.69) is 27.2 Å². The van der Waals surface area contributed by atoms with Crippen LogP contribution in [0.5, 0.6) is 0 Å². The van der Waals surface area contributed by atoms with Crippen molar-refractivity contribution in [2.45, 2.75) is 31.7 Å². The summed E-state index contributed by atoms with van der Waals surface area (Å²) >= 11 is 0. The fourth-order valence-corrected chi connectivity index (χ4v) is 3.57. The fourth-order valence-electron chi connectivity index (χ4n) is 3.57. The van der Waals surface area contributed by atoms with E-state index in [9.17, 15) is 9.90 Å². The van der Waals surface area contributed by atoms with E-state index in [-0.39, 0.29) is 12.3 Å². The van der Waals surface area contributed by atoms with Crippen molar-refractivity contribution in [1.82, 2.24) is 15.1 Å². The number of H-pyrrole nitrogens is 1. The van der Waals surface area contributed by atoms with E-state index in [4.69, 9.17) is 0 Å². The van der Waals surface area contributed by atoms with Gasteiger partial charge < -0.3 is 5.11 Å². The minimum atomic E-state index is -0.709. The summed E-state index contributed by atoms with van der Waals surface area (Å²) < 4.78 is 0. The molecule has 1 aliphatic rings. The summed E-state index contributed by atoms with van der Waals surface area (Å²) in [6.07, 6.45) is 4.08. The van der Waals surface area contributed by atoms with E-state index in [1.54, 1.807) is 6.20 Å². The standard InChI is InChI=1S/C18H23N3O2/c22-18(23)12-17(14-4-2-1-3-5-14)15-7-10-21(11-8-15)13-16-6-9-19-20-16/h1-6,9,15,17H,7-8,10-13H2,(H,19,20)(H,22,23). The number of carboxylic acid groups (broad SMARTS) is 1. The number of aliphatic carboxylic acids is 1. The van der Waals surface area contributed by atoms with E-state index >= 15 is 0 Å². The van der Waals surface area contributed by atoms with Crippen LogP contribution in [-0.2, 0) is 11.3 Å². The number of aromatic nitrogens is 2. The van der Waals surface area contributed by atoms with E-state index in [1.807, 2.05) is 24.3 Å². The molecule has 1 aromatic heterocycles. The number of hydrogen-bond acceptors (Lipinski definition) is 3. The maximum absolute atomic E-state index is 11.3. The number of carbonyl (C=O) groups is 1. The third kappa shape index (κ3) is 4.20. The molecular formula is C18H23N3O2. The molecule has 1 aromatic carbocycles. The van der Waals surface area contributed by atoms with Gasteiger partial charge in [-0.15, -0.1) is 0 Å². The van der Waals surface area contributed by atoms with Crippen LogP contribution in [0, 0.1) is 5.92 Å². The van der Waals surface area contributed by atoms with Crippen molar-refractivity contribution in [2.24, 2.45) is 5.92 Å². The summed E-state index contributed by atoms with van der Waals surface area (Å²) in [5.74, 6) is -0.159. The van der Waals surface area contributed by atoms with E-state index in [0.29, 0.717) is 5.92 Å². The molecule has 2 heterocycles. The first-order valence-corrected chi connectivity index (χ1v) is 8.19. The predicted molar refractivity (Wildman–Crippen MR) is 88.0 cm³/mol. The largest absolute Gasteiger partial charge is 0.481 e. The normalized spacial score (nSPS) is 17.9. The third-order valence-corrected chi connectivity index (χ3v) is 4.78. The molecule has 1 fully saturated rings. The van der Waals surface area contributed by atoms with Crippen LogP contribution >= 0.6 is 0 Å². The van der Waals surface area contributed by atoms with Crippen molar-refractivity contribution in [3.63, 3.8) is 0 Å². The second-order valence-electron chi connectivity index (χ2n) is 6.31. The molecule has 3 rings (SSSR count). The molecule has 2 N–H and O–H groups in total. The summed E-state index contributed by atoms with van der Waals surface area (Å²) in [6.45, 7) is 2.90. The molecule has 5 heteroatoms. The Balaban J connectivity index is 1.62. The summed E-state index contributed by atoms with van der Waals surface area (Å²) in [7, 11) is 0. The summed E-state index contributed by atoms with van der Waals surface area (Å²) in [6, 6.07) is 12.1. The lowest BCUT2D eigenvalue weighted by Crippen LogP contribution is -2.35. The average Bonchev–Trinajstić information content (AvgIpc) is 3.07. The van der Waals surface area contributed by atoms with Gasteiger partial charge in [0.2, 0.25) is 0 Å². The summed E-state index contributed by atoms with van der Waals surface area (Å²) in [5, 5.41) is 16.3. The van der Waals surface area contributed by atoms with E-state index < -0.39 is 5.97 Å². The number of hydrogen-bond donors (Lipinski definition) is 2. The van der Waals surface area contributed by atoms with Crippen LogP contribution in [0.1, 0.15) is 36.4 Å². The number of piperidine rings is 1. The molecule has 0 bridgehead atoms. The van der Waals surface area contributed by atoms with E-state index in [0.717, 1.165) is 43.7 Å². The van der Waals surface area contributed by atoms with Gasteiger partial charge in [-0.05, 0) is 49.4 Å². The van der Waals surface area contributed by atoms with Crippen molar-refractivity contribution >= 4 is 5.97 Å². The van der Waals surface area contributed by atoms with Crippen LogP contribution in [-0.4, -0.2) is 39.3 Å². The van der Waals surface area contributed by atoms with Crippen LogP contribution in [0.2, 0.25) is 0 Å². The molecular weight excluding hydrogens is 290 g/mol. The second-order valence-corrected chi connectivity index (χ2v) is 6.31. The monoisotopic (exact) mass is 313 g/mol. The van der Waals surface area contributed by atoms with Crippen LogP contribution in [0.4, 0.5) is 0 Å².